The van der Waals surface area contributed by atoms with Crippen LogP contribution in [0.5, 0.6) is 0 Å². The monoisotopic (exact) mass is 415 g/mol. The van der Waals surface area contributed by atoms with Crippen molar-refractivity contribution in [1.82, 2.24) is 20.0 Å². The van der Waals surface area contributed by atoms with Crippen LogP contribution in [0.15, 0.2) is 40.9 Å². The molecule has 0 bridgehead atoms. The largest absolute Gasteiger partial charge is 0.356 e. The quantitative estimate of drug-likeness (QED) is 0.509. The molecular weight excluding hydrogens is 390 g/mol. The number of carbonyl (C=O) groups is 1. The van der Waals surface area contributed by atoms with Gasteiger partial charge in [0.15, 0.2) is 11.4 Å². The maximum Gasteiger partial charge on any atom is 0.228 e. The van der Waals surface area contributed by atoms with Gasteiger partial charge in [-0.2, -0.15) is 0 Å². The van der Waals surface area contributed by atoms with Gasteiger partial charge in [0.25, 0.3) is 0 Å². The molecule has 1 aliphatic rings. The summed E-state index contributed by atoms with van der Waals surface area (Å²) in [6.45, 7) is 8.87. The molecule has 7 nitrogen and oxygen atoms in total. The molecule has 2 aromatic heterocycles. The number of amides is 1. The van der Waals surface area contributed by atoms with E-state index in [2.05, 4.69) is 23.0 Å². The van der Waals surface area contributed by atoms with Gasteiger partial charge in [-0.25, -0.2) is 9.97 Å². The Hall–Kier alpha value is -3.48. The van der Waals surface area contributed by atoms with Gasteiger partial charge in [0.05, 0.1) is 23.1 Å². The summed E-state index contributed by atoms with van der Waals surface area (Å²) in [6.07, 6.45) is 0.254. The molecule has 1 amide bonds. The van der Waals surface area contributed by atoms with Crippen molar-refractivity contribution in [3.05, 3.63) is 58.9 Å². The highest BCUT2D eigenvalue weighted by Crippen LogP contribution is 2.24. The number of para-hydroxylation sites is 2. The van der Waals surface area contributed by atoms with Gasteiger partial charge in [-0.15, -0.1) is 0 Å². The molecular formula is C24H25N5O2. The van der Waals surface area contributed by atoms with Gasteiger partial charge in [0, 0.05) is 31.6 Å². The van der Waals surface area contributed by atoms with Crippen molar-refractivity contribution in [3.8, 4) is 0 Å². The minimum atomic E-state index is 0.0781. The lowest BCUT2D eigenvalue weighted by Crippen LogP contribution is -2.49. The minimum absolute atomic E-state index is 0.0781. The van der Waals surface area contributed by atoms with Gasteiger partial charge in [-0.1, -0.05) is 17.3 Å². The average Bonchev–Trinajstić information content (AvgIpc) is 3.15. The zero-order chi connectivity index (χ0) is 21.5. The van der Waals surface area contributed by atoms with Gasteiger partial charge >= 0.3 is 0 Å². The molecule has 158 valence electrons. The Morgan fingerprint density at radius 3 is 2.39 bits per heavy atom. The SMILES string of the molecule is Cc1cc2onc(CC(=O)N3CCN(c4nc5ccccc5nc4C)CC3)c2cc1C. The second kappa shape index (κ2) is 7.65. The normalized spacial score (nSPS) is 14.5. The standard InChI is InChI=1S/C24H25N5O2/c1-15-12-18-21(27-31-22(18)13-16(15)2)14-23(30)28-8-10-29(11-9-28)24-17(3)25-19-6-4-5-7-20(19)26-24/h4-7,12-13H,8-11,14H2,1-3H3. The number of rotatable bonds is 3. The summed E-state index contributed by atoms with van der Waals surface area (Å²) in [7, 11) is 0. The van der Waals surface area contributed by atoms with E-state index in [1.54, 1.807) is 0 Å². The number of hydrogen-bond donors (Lipinski definition) is 0. The molecule has 1 fully saturated rings. The van der Waals surface area contributed by atoms with Crippen LogP contribution in [0.1, 0.15) is 22.5 Å². The van der Waals surface area contributed by atoms with Crippen molar-refractivity contribution in [2.45, 2.75) is 27.2 Å². The molecule has 0 atom stereocenters. The summed E-state index contributed by atoms with van der Waals surface area (Å²) in [5.41, 5.74) is 6.49. The molecule has 1 aliphatic heterocycles. The molecule has 5 rings (SSSR count). The molecule has 0 spiro atoms. The van der Waals surface area contributed by atoms with Gasteiger partial charge < -0.3 is 14.3 Å². The third kappa shape index (κ3) is 3.60. The number of anilines is 1. The van der Waals surface area contributed by atoms with Gasteiger partial charge in [0.1, 0.15) is 5.69 Å². The van der Waals surface area contributed by atoms with Crippen molar-refractivity contribution in [2.75, 3.05) is 31.1 Å². The van der Waals surface area contributed by atoms with E-state index in [-0.39, 0.29) is 12.3 Å². The Bertz CT molecular complexity index is 1290. The first-order valence-corrected chi connectivity index (χ1v) is 10.6. The summed E-state index contributed by atoms with van der Waals surface area (Å²) >= 11 is 0. The molecule has 0 aliphatic carbocycles. The third-order valence-corrected chi connectivity index (χ3v) is 6.13. The van der Waals surface area contributed by atoms with Crippen LogP contribution < -0.4 is 4.90 Å². The van der Waals surface area contributed by atoms with Crippen LogP contribution in [-0.4, -0.2) is 52.1 Å². The van der Waals surface area contributed by atoms with Crippen molar-refractivity contribution >= 4 is 33.7 Å². The molecule has 1 saturated heterocycles. The van der Waals surface area contributed by atoms with Crippen LogP contribution in [-0.2, 0) is 11.2 Å². The third-order valence-electron chi connectivity index (χ3n) is 6.13. The number of nitrogens with zero attached hydrogens (tertiary/aromatic N) is 5. The zero-order valence-electron chi connectivity index (χ0n) is 18.1. The second-order valence-corrected chi connectivity index (χ2v) is 8.23. The first kappa shape index (κ1) is 19.5. The predicted molar refractivity (Wildman–Crippen MR) is 120 cm³/mol. The lowest BCUT2D eigenvalue weighted by molar-refractivity contribution is -0.130. The van der Waals surface area contributed by atoms with E-state index in [4.69, 9.17) is 14.5 Å². The Balaban J connectivity index is 1.28. The second-order valence-electron chi connectivity index (χ2n) is 8.23. The van der Waals surface area contributed by atoms with Crippen molar-refractivity contribution in [3.63, 3.8) is 0 Å². The molecule has 0 saturated carbocycles. The number of hydrogen-bond acceptors (Lipinski definition) is 6. The fourth-order valence-corrected chi connectivity index (χ4v) is 4.17. The molecule has 0 radical (unpaired) electrons. The number of piperazine rings is 1. The number of carbonyl (C=O) groups excluding carboxylic acids is 1. The summed E-state index contributed by atoms with van der Waals surface area (Å²) in [5.74, 6) is 0.980. The van der Waals surface area contributed by atoms with Gasteiger partial charge in [-0.3, -0.25) is 4.79 Å². The Morgan fingerprint density at radius 1 is 0.968 bits per heavy atom. The first-order chi connectivity index (χ1) is 15.0. The van der Waals surface area contributed by atoms with Crippen molar-refractivity contribution < 1.29 is 9.32 Å². The molecule has 0 N–H and O–H groups in total. The fraction of sp³-hybridized carbons (Fsp3) is 0.333. The van der Waals surface area contributed by atoms with Crippen LogP contribution in [0, 0.1) is 20.8 Å². The van der Waals surface area contributed by atoms with E-state index < -0.39 is 0 Å². The smallest absolute Gasteiger partial charge is 0.228 e. The number of fused-ring (bicyclic) bond motifs is 2. The highest BCUT2D eigenvalue weighted by molar-refractivity contribution is 5.87. The Labute approximate surface area is 180 Å². The zero-order valence-corrected chi connectivity index (χ0v) is 18.1. The Kier molecular flexibility index (Phi) is 4.81. The molecule has 2 aromatic carbocycles. The lowest BCUT2D eigenvalue weighted by atomic mass is 10.1. The molecule has 7 heteroatoms. The summed E-state index contributed by atoms with van der Waals surface area (Å²) in [6, 6.07) is 12.0. The van der Waals surface area contributed by atoms with Crippen LogP contribution in [0.3, 0.4) is 0 Å². The maximum absolute atomic E-state index is 12.9. The fourth-order valence-electron chi connectivity index (χ4n) is 4.17. The lowest BCUT2D eigenvalue weighted by Gasteiger charge is -2.35. The number of benzene rings is 2. The summed E-state index contributed by atoms with van der Waals surface area (Å²) in [4.78, 5) is 26.6. The highest BCUT2D eigenvalue weighted by Gasteiger charge is 2.25. The predicted octanol–water partition coefficient (Wildman–Crippen LogP) is 3.59. The summed E-state index contributed by atoms with van der Waals surface area (Å²) in [5, 5.41) is 5.09. The van der Waals surface area contributed by atoms with E-state index in [1.165, 1.54) is 5.56 Å². The van der Waals surface area contributed by atoms with E-state index in [0.29, 0.717) is 18.8 Å². The first-order valence-electron chi connectivity index (χ1n) is 10.6. The molecule has 3 heterocycles. The van der Waals surface area contributed by atoms with E-state index in [0.717, 1.165) is 52.2 Å². The molecule has 0 unspecified atom stereocenters. The van der Waals surface area contributed by atoms with Crippen LogP contribution in [0.2, 0.25) is 0 Å². The van der Waals surface area contributed by atoms with E-state index in [1.807, 2.05) is 49.1 Å². The highest BCUT2D eigenvalue weighted by atomic mass is 16.5. The minimum Gasteiger partial charge on any atom is -0.356 e. The number of aromatic nitrogens is 3. The van der Waals surface area contributed by atoms with Gasteiger partial charge in [0.2, 0.25) is 5.91 Å². The van der Waals surface area contributed by atoms with Crippen LogP contribution in [0.25, 0.3) is 22.0 Å². The van der Waals surface area contributed by atoms with E-state index in [9.17, 15) is 4.79 Å². The maximum atomic E-state index is 12.9. The molecule has 31 heavy (non-hydrogen) atoms. The van der Waals surface area contributed by atoms with Crippen molar-refractivity contribution in [1.29, 1.82) is 0 Å². The van der Waals surface area contributed by atoms with Crippen LogP contribution >= 0.6 is 0 Å². The number of aryl methyl sites for hydroxylation is 3. The van der Waals surface area contributed by atoms with E-state index >= 15 is 0 Å². The summed E-state index contributed by atoms with van der Waals surface area (Å²) < 4.78 is 5.45. The average molecular weight is 415 g/mol. The molecule has 4 aromatic rings. The van der Waals surface area contributed by atoms with Gasteiger partial charge in [-0.05, 0) is 56.2 Å². The van der Waals surface area contributed by atoms with Crippen molar-refractivity contribution in [2.24, 2.45) is 0 Å². The van der Waals surface area contributed by atoms with Crippen LogP contribution in [0.4, 0.5) is 5.82 Å². The Morgan fingerprint density at radius 2 is 1.65 bits per heavy atom. The topological polar surface area (TPSA) is 75.4 Å².